The van der Waals surface area contributed by atoms with E-state index in [1.807, 2.05) is 32.3 Å². The summed E-state index contributed by atoms with van der Waals surface area (Å²) in [6, 6.07) is 7.99. The Morgan fingerprint density at radius 1 is 1.32 bits per heavy atom. The summed E-state index contributed by atoms with van der Waals surface area (Å²) in [6.45, 7) is 1.74. The van der Waals surface area contributed by atoms with E-state index in [4.69, 9.17) is 16.7 Å². The number of hydrazone groups is 1. The molecule has 0 saturated carbocycles. The van der Waals surface area contributed by atoms with Crippen molar-refractivity contribution in [3.8, 4) is 0 Å². The fourth-order valence-electron chi connectivity index (χ4n) is 2.61. The number of benzene rings is 1. The van der Waals surface area contributed by atoms with Crippen molar-refractivity contribution in [2.24, 2.45) is 16.8 Å². The second kappa shape index (κ2) is 7.52. The first-order valence-corrected chi connectivity index (χ1v) is 9.30. The first kappa shape index (κ1) is 17.9. The van der Waals surface area contributed by atoms with Gasteiger partial charge in [-0.2, -0.15) is 5.10 Å². The molecule has 0 aliphatic carbocycles. The number of fused-ring (bicyclic) bond motifs is 3. The van der Waals surface area contributed by atoms with E-state index in [9.17, 15) is 0 Å². The van der Waals surface area contributed by atoms with Crippen LogP contribution in [0.4, 0.5) is 5.82 Å². The van der Waals surface area contributed by atoms with Crippen LogP contribution >= 0.6 is 27.3 Å². The molecular formula is C16H20BrN7S. The van der Waals surface area contributed by atoms with Gasteiger partial charge < -0.3 is 21.5 Å². The highest BCUT2D eigenvalue weighted by atomic mass is 79.9. The maximum Gasteiger partial charge on any atom is 0.166 e. The Kier molecular flexibility index (Phi) is 5.38. The maximum absolute atomic E-state index is 5.47. The molecule has 3 aromatic rings. The number of hydrazine groups is 1. The van der Waals surface area contributed by atoms with Crippen molar-refractivity contribution in [2.45, 2.75) is 0 Å². The van der Waals surface area contributed by atoms with Crippen molar-refractivity contribution < 1.29 is 0 Å². The quantitative estimate of drug-likeness (QED) is 0.218. The maximum atomic E-state index is 5.47. The Morgan fingerprint density at radius 3 is 2.80 bits per heavy atom. The first-order chi connectivity index (χ1) is 12.0. The van der Waals surface area contributed by atoms with Crippen LogP contribution in [0.1, 0.15) is 5.56 Å². The molecule has 1 aromatic carbocycles. The van der Waals surface area contributed by atoms with Crippen molar-refractivity contribution in [1.82, 2.24) is 15.3 Å². The Hall–Kier alpha value is -1.94. The standard InChI is InChI=1S/C16H20BrN7S/c1-24(2)6-5-20-16-11-8-13(17)25-14(11)10-4-3-9(7-12(10)21-16)15(22-18)23-19/h3-4,7-8H,5-6,18-19H2,1-2H3,(H,20,21)(H,22,23). The molecular weight excluding hydrogens is 402 g/mol. The number of nitrogens with two attached hydrogens (primary N) is 2. The number of hydrogen-bond acceptors (Lipinski definition) is 7. The van der Waals surface area contributed by atoms with E-state index in [1.54, 1.807) is 11.3 Å². The van der Waals surface area contributed by atoms with Gasteiger partial charge in [0.15, 0.2) is 5.84 Å². The van der Waals surface area contributed by atoms with Crippen molar-refractivity contribution >= 4 is 59.9 Å². The lowest BCUT2D eigenvalue weighted by molar-refractivity contribution is 0.425. The number of hydrogen-bond donors (Lipinski definition) is 4. The van der Waals surface area contributed by atoms with Crippen LogP contribution in [0, 0.1) is 0 Å². The van der Waals surface area contributed by atoms with Crippen LogP contribution in [-0.4, -0.2) is 42.9 Å². The average molecular weight is 422 g/mol. The molecule has 0 aliphatic rings. The normalized spacial score (nSPS) is 12.3. The number of thiophene rings is 1. The zero-order valence-electron chi connectivity index (χ0n) is 14.0. The Balaban J connectivity index is 2.12. The third-order valence-corrected chi connectivity index (χ3v) is 5.49. The molecule has 6 N–H and O–H groups in total. The molecule has 7 nitrogen and oxygen atoms in total. The Labute approximate surface area is 158 Å². The second-order valence-corrected chi connectivity index (χ2v) is 8.27. The van der Waals surface area contributed by atoms with Crippen molar-refractivity contribution in [3.63, 3.8) is 0 Å². The molecule has 0 amide bonds. The molecule has 3 rings (SSSR count). The predicted molar refractivity (Wildman–Crippen MR) is 110 cm³/mol. The summed E-state index contributed by atoms with van der Waals surface area (Å²) in [6.07, 6.45) is 0. The van der Waals surface area contributed by atoms with Gasteiger partial charge in [0.25, 0.3) is 0 Å². The summed E-state index contributed by atoms with van der Waals surface area (Å²) in [5.74, 6) is 12.1. The van der Waals surface area contributed by atoms with Crippen LogP contribution < -0.4 is 22.4 Å². The van der Waals surface area contributed by atoms with E-state index in [-0.39, 0.29) is 0 Å². The fraction of sp³-hybridized carbons (Fsp3) is 0.250. The van der Waals surface area contributed by atoms with Gasteiger partial charge >= 0.3 is 0 Å². The third kappa shape index (κ3) is 3.69. The first-order valence-electron chi connectivity index (χ1n) is 7.69. The van der Waals surface area contributed by atoms with E-state index in [1.165, 1.54) is 4.70 Å². The molecule has 0 unspecified atom stereocenters. The number of anilines is 1. The third-order valence-electron chi connectivity index (χ3n) is 3.82. The van der Waals surface area contributed by atoms with Crippen LogP contribution in [0.2, 0.25) is 0 Å². The van der Waals surface area contributed by atoms with Crippen molar-refractivity contribution in [1.29, 1.82) is 0 Å². The monoisotopic (exact) mass is 421 g/mol. The van der Waals surface area contributed by atoms with Gasteiger partial charge in [0.1, 0.15) is 5.82 Å². The molecule has 2 heterocycles. The number of likely N-dealkylation sites (N-methyl/N-ethyl adjacent to an activating group) is 1. The molecule has 9 heteroatoms. The van der Waals surface area contributed by atoms with Gasteiger partial charge in [-0.15, -0.1) is 11.3 Å². The molecule has 0 radical (unpaired) electrons. The molecule has 2 aromatic heterocycles. The van der Waals surface area contributed by atoms with E-state index < -0.39 is 0 Å². The van der Waals surface area contributed by atoms with Gasteiger partial charge in [0.2, 0.25) is 0 Å². The molecule has 132 valence electrons. The van der Waals surface area contributed by atoms with Gasteiger partial charge in [-0.1, -0.05) is 12.1 Å². The highest BCUT2D eigenvalue weighted by molar-refractivity contribution is 9.11. The number of pyridine rings is 1. The van der Waals surface area contributed by atoms with Crippen LogP contribution in [0.5, 0.6) is 0 Å². The smallest absolute Gasteiger partial charge is 0.166 e. The van der Waals surface area contributed by atoms with Crippen LogP contribution in [0.3, 0.4) is 0 Å². The van der Waals surface area contributed by atoms with Gasteiger partial charge in [-0.3, -0.25) is 0 Å². The predicted octanol–water partition coefficient (Wildman–Crippen LogP) is 2.27. The van der Waals surface area contributed by atoms with Gasteiger partial charge in [-0.05, 0) is 42.2 Å². The van der Waals surface area contributed by atoms with Crippen LogP contribution in [0.25, 0.3) is 21.0 Å². The molecule has 0 aliphatic heterocycles. The summed E-state index contributed by atoms with van der Waals surface area (Å²) in [7, 11) is 4.10. The lowest BCUT2D eigenvalue weighted by Crippen LogP contribution is -2.32. The zero-order chi connectivity index (χ0) is 18.0. The Bertz CT molecular complexity index is 935. The number of amidine groups is 1. The fourth-order valence-corrected chi connectivity index (χ4v) is 4.24. The van der Waals surface area contributed by atoms with Gasteiger partial charge in [0, 0.05) is 34.1 Å². The Morgan fingerprint density at radius 2 is 2.12 bits per heavy atom. The summed E-state index contributed by atoms with van der Waals surface area (Å²) in [4.78, 5) is 6.95. The zero-order valence-corrected chi connectivity index (χ0v) is 16.4. The minimum atomic E-state index is 0.415. The summed E-state index contributed by atoms with van der Waals surface area (Å²) in [5.41, 5.74) is 4.16. The minimum absolute atomic E-state index is 0.415. The molecule has 0 spiro atoms. The van der Waals surface area contributed by atoms with Gasteiger partial charge in [0.05, 0.1) is 9.30 Å². The molecule has 0 fully saturated rings. The summed E-state index contributed by atoms with van der Waals surface area (Å²) >= 11 is 5.28. The highest BCUT2D eigenvalue weighted by Gasteiger charge is 2.13. The number of nitrogens with zero attached hydrogens (tertiary/aromatic N) is 3. The van der Waals surface area contributed by atoms with Crippen molar-refractivity contribution in [2.75, 3.05) is 32.5 Å². The number of rotatable bonds is 5. The largest absolute Gasteiger partial charge is 0.368 e. The summed E-state index contributed by atoms with van der Waals surface area (Å²) in [5, 5.41) is 9.30. The van der Waals surface area contributed by atoms with E-state index >= 15 is 0 Å². The number of halogens is 1. The van der Waals surface area contributed by atoms with Gasteiger partial charge in [-0.25, -0.2) is 10.8 Å². The van der Waals surface area contributed by atoms with E-state index in [0.29, 0.717) is 5.84 Å². The minimum Gasteiger partial charge on any atom is -0.368 e. The molecule has 0 atom stereocenters. The molecule has 25 heavy (non-hydrogen) atoms. The highest BCUT2D eigenvalue weighted by Crippen LogP contribution is 2.38. The summed E-state index contributed by atoms with van der Waals surface area (Å²) < 4.78 is 2.26. The van der Waals surface area contributed by atoms with Crippen LogP contribution in [-0.2, 0) is 0 Å². The van der Waals surface area contributed by atoms with E-state index in [0.717, 1.165) is 44.5 Å². The number of aromatic nitrogens is 1. The van der Waals surface area contributed by atoms with E-state index in [2.05, 4.69) is 42.7 Å². The topological polar surface area (TPSA) is 105 Å². The number of nitrogens with one attached hydrogen (secondary N) is 2. The lowest BCUT2D eigenvalue weighted by Gasteiger charge is -2.13. The van der Waals surface area contributed by atoms with Crippen LogP contribution in [0.15, 0.2) is 33.2 Å². The SMILES string of the molecule is CN(C)CCNc1nc2cc(/C(=N/N)NN)ccc2c2sc(Br)cc12. The average Bonchev–Trinajstić information content (AvgIpc) is 2.97. The molecule has 0 bridgehead atoms. The molecule has 0 saturated heterocycles. The van der Waals surface area contributed by atoms with Crippen molar-refractivity contribution in [3.05, 3.63) is 33.6 Å². The second-order valence-electron chi connectivity index (χ2n) is 5.84. The lowest BCUT2D eigenvalue weighted by atomic mass is 10.1.